The fourth-order valence-electron chi connectivity index (χ4n) is 2.10. The Bertz CT molecular complexity index is 773. The lowest BCUT2D eigenvalue weighted by Crippen LogP contribution is -2.12. The lowest BCUT2D eigenvalue weighted by atomic mass is 10.2. The van der Waals surface area contributed by atoms with Gasteiger partial charge in [-0.15, -0.1) is 0 Å². The number of H-pyrrole nitrogens is 1. The molecule has 0 saturated carbocycles. The van der Waals surface area contributed by atoms with Crippen LogP contribution in [0.3, 0.4) is 0 Å². The van der Waals surface area contributed by atoms with Crippen LogP contribution in [-0.4, -0.2) is 50.2 Å². The Morgan fingerprint density at radius 2 is 2.22 bits per heavy atom. The van der Waals surface area contributed by atoms with Crippen molar-refractivity contribution >= 4 is 22.3 Å². The summed E-state index contributed by atoms with van der Waals surface area (Å²) in [6, 6.07) is 5.48. The summed E-state index contributed by atoms with van der Waals surface area (Å²) in [4.78, 5) is 15.7. The van der Waals surface area contributed by atoms with E-state index in [1.165, 1.54) is 6.33 Å². The van der Waals surface area contributed by atoms with E-state index in [-0.39, 0.29) is 0 Å². The van der Waals surface area contributed by atoms with Gasteiger partial charge in [0.15, 0.2) is 5.65 Å². The van der Waals surface area contributed by atoms with Crippen molar-refractivity contribution in [2.45, 2.75) is 0 Å². The molecule has 1 unspecified atom stereocenters. The largest absolute Gasteiger partial charge is 0.616 e. The molecule has 120 valence electrons. The van der Waals surface area contributed by atoms with Gasteiger partial charge in [0, 0.05) is 6.07 Å². The maximum atomic E-state index is 11.2. The molecule has 3 rings (SSSR count). The first-order valence-corrected chi connectivity index (χ1v) is 8.67. The van der Waals surface area contributed by atoms with Crippen LogP contribution in [0.25, 0.3) is 22.6 Å². The molecule has 0 spiro atoms. The Morgan fingerprint density at radius 1 is 1.35 bits per heavy atom. The first kappa shape index (κ1) is 15.6. The van der Waals surface area contributed by atoms with Crippen molar-refractivity contribution in [2.24, 2.45) is 0 Å². The predicted molar refractivity (Wildman–Crippen MR) is 88.1 cm³/mol. The van der Waals surface area contributed by atoms with Crippen LogP contribution in [0.5, 0.6) is 11.5 Å². The van der Waals surface area contributed by atoms with Crippen LogP contribution in [0, 0.1) is 0 Å². The first-order valence-electron chi connectivity index (χ1n) is 6.94. The molecule has 23 heavy (non-hydrogen) atoms. The topological polar surface area (TPSA) is 96.0 Å². The lowest BCUT2D eigenvalue weighted by molar-refractivity contribution is 0.338. The van der Waals surface area contributed by atoms with E-state index >= 15 is 0 Å². The summed E-state index contributed by atoms with van der Waals surface area (Å²) in [6.45, 7) is 0.351. The van der Waals surface area contributed by atoms with Gasteiger partial charge in [0.2, 0.25) is 0 Å². The zero-order chi connectivity index (χ0) is 16.2. The molecule has 0 aliphatic rings. The maximum Gasteiger partial charge on any atom is 0.161 e. The molecule has 0 aliphatic heterocycles. The lowest BCUT2D eigenvalue weighted by Gasteiger charge is -2.12. The number of imidazole rings is 1. The third-order valence-corrected chi connectivity index (χ3v) is 3.98. The molecule has 0 amide bonds. The van der Waals surface area contributed by atoms with Crippen molar-refractivity contribution in [3.8, 4) is 22.9 Å². The number of ether oxygens (including phenoxy) is 2. The fourth-order valence-corrected chi connectivity index (χ4v) is 2.42. The third kappa shape index (κ3) is 3.54. The SMILES string of the molecule is COc1ccc(-c2nc3cncnc3[nH]2)c(OCC[S+](C)[O-])c1. The Balaban J connectivity index is 1.96. The molecular weight excluding hydrogens is 316 g/mol. The molecule has 8 heteroatoms. The van der Waals surface area contributed by atoms with E-state index in [9.17, 15) is 4.55 Å². The number of nitrogens with one attached hydrogen (secondary N) is 1. The zero-order valence-corrected chi connectivity index (χ0v) is 13.6. The molecule has 0 radical (unpaired) electrons. The molecule has 0 fully saturated rings. The Hall–Kier alpha value is -2.32. The van der Waals surface area contributed by atoms with E-state index in [1.54, 1.807) is 25.6 Å². The van der Waals surface area contributed by atoms with E-state index in [0.717, 1.165) is 5.56 Å². The molecule has 0 aliphatic carbocycles. The minimum absolute atomic E-state index is 0.351. The number of nitrogens with zero attached hydrogens (tertiary/aromatic N) is 3. The van der Waals surface area contributed by atoms with Gasteiger partial charge in [-0.05, 0) is 12.1 Å². The van der Waals surface area contributed by atoms with Crippen LogP contribution in [0.2, 0.25) is 0 Å². The Kier molecular flexibility index (Phi) is 4.63. The molecule has 3 aromatic rings. The highest BCUT2D eigenvalue weighted by atomic mass is 32.2. The van der Waals surface area contributed by atoms with Crippen LogP contribution in [0.4, 0.5) is 0 Å². The van der Waals surface area contributed by atoms with Crippen molar-refractivity contribution in [1.29, 1.82) is 0 Å². The summed E-state index contributed by atoms with van der Waals surface area (Å²) in [6.07, 6.45) is 4.76. The van der Waals surface area contributed by atoms with E-state index in [2.05, 4.69) is 19.9 Å². The zero-order valence-electron chi connectivity index (χ0n) is 12.8. The van der Waals surface area contributed by atoms with Gasteiger partial charge < -0.3 is 19.0 Å². The van der Waals surface area contributed by atoms with Gasteiger partial charge in [-0.3, -0.25) is 0 Å². The number of rotatable bonds is 6. The van der Waals surface area contributed by atoms with Gasteiger partial charge in [-0.25, -0.2) is 15.0 Å². The van der Waals surface area contributed by atoms with Crippen LogP contribution >= 0.6 is 0 Å². The van der Waals surface area contributed by atoms with E-state index in [4.69, 9.17) is 9.47 Å². The van der Waals surface area contributed by atoms with Crippen LogP contribution in [0.1, 0.15) is 0 Å². The second-order valence-corrected chi connectivity index (χ2v) is 6.38. The molecular formula is C15H16N4O3S. The highest BCUT2D eigenvalue weighted by Crippen LogP contribution is 2.32. The van der Waals surface area contributed by atoms with Crippen molar-refractivity contribution in [1.82, 2.24) is 19.9 Å². The number of benzene rings is 1. The average molecular weight is 332 g/mol. The van der Waals surface area contributed by atoms with Gasteiger partial charge in [-0.2, -0.15) is 0 Å². The molecule has 2 heterocycles. The molecule has 7 nitrogen and oxygen atoms in total. The minimum atomic E-state index is -0.908. The van der Waals surface area contributed by atoms with Gasteiger partial charge in [0.25, 0.3) is 0 Å². The van der Waals surface area contributed by atoms with Crippen LogP contribution in [-0.2, 0) is 11.2 Å². The summed E-state index contributed by atoms with van der Waals surface area (Å²) >= 11 is -0.908. The number of methoxy groups -OCH3 is 1. The number of fused-ring (bicyclic) bond motifs is 1. The number of hydrogen-bond acceptors (Lipinski definition) is 6. The highest BCUT2D eigenvalue weighted by Gasteiger charge is 2.13. The highest BCUT2D eigenvalue weighted by molar-refractivity contribution is 7.90. The van der Waals surface area contributed by atoms with E-state index in [0.29, 0.717) is 40.8 Å². The summed E-state index contributed by atoms with van der Waals surface area (Å²) < 4.78 is 22.2. The molecule has 1 N–H and O–H groups in total. The molecule has 2 aromatic heterocycles. The number of aromatic nitrogens is 4. The molecule has 0 saturated heterocycles. The minimum Gasteiger partial charge on any atom is -0.616 e. The van der Waals surface area contributed by atoms with Gasteiger partial charge in [0.05, 0.1) is 25.1 Å². The average Bonchev–Trinajstić information content (AvgIpc) is 2.98. The summed E-state index contributed by atoms with van der Waals surface area (Å²) in [5.74, 6) is 2.39. The number of aromatic amines is 1. The summed E-state index contributed by atoms with van der Waals surface area (Å²) in [5.41, 5.74) is 2.12. The second kappa shape index (κ2) is 6.84. The number of hydrogen-bond donors (Lipinski definition) is 1. The van der Waals surface area contributed by atoms with Gasteiger partial charge in [-0.1, -0.05) is 11.2 Å². The normalized spacial score (nSPS) is 12.3. The quantitative estimate of drug-likeness (QED) is 0.691. The van der Waals surface area contributed by atoms with Crippen molar-refractivity contribution in [3.05, 3.63) is 30.7 Å². The van der Waals surface area contributed by atoms with Crippen LogP contribution < -0.4 is 9.47 Å². The van der Waals surface area contributed by atoms with Crippen LogP contribution in [0.15, 0.2) is 30.7 Å². The third-order valence-electron chi connectivity index (χ3n) is 3.23. The van der Waals surface area contributed by atoms with Gasteiger partial charge >= 0.3 is 0 Å². The van der Waals surface area contributed by atoms with E-state index in [1.807, 2.05) is 12.1 Å². The Labute approximate surface area is 136 Å². The maximum absolute atomic E-state index is 11.2. The summed E-state index contributed by atoms with van der Waals surface area (Å²) in [5, 5.41) is 0. The van der Waals surface area contributed by atoms with E-state index < -0.39 is 11.2 Å². The standard InChI is InChI=1S/C15H16N4O3S/c1-21-10-3-4-11(13(7-10)22-5-6-23(2)20)14-18-12-8-16-9-17-15(12)19-14/h3-4,7-9H,5-6H2,1-2H3,(H,16,17,18,19). The predicted octanol–water partition coefficient (Wildman–Crippen LogP) is 1.79. The van der Waals surface area contributed by atoms with Crippen molar-refractivity contribution < 1.29 is 14.0 Å². The van der Waals surface area contributed by atoms with Crippen molar-refractivity contribution in [3.63, 3.8) is 0 Å². The smallest absolute Gasteiger partial charge is 0.161 e. The van der Waals surface area contributed by atoms with Crippen molar-refractivity contribution in [2.75, 3.05) is 25.7 Å². The Morgan fingerprint density at radius 3 is 2.96 bits per heavy atom. The molecule has 1 aromatic carbocycles. The van der Waals surface area contributed by atoms with Gasteiger partial charge in [0.1, 0.15) is 41.5 Å². The fraction of sp³-hybridized carbons (Fsp3) is 0.267. The molecule has 0 bridgehead atoms. The second-order valence-electron chi connectivity index (χ2n) is 4.83. The summed E-state index contributed by atoms with van der Waals surface area (Å²) in [7, 11) is 1.59. The molecule has 1 atom stereocenters. The monoisotopic (exact) mass is 332 g/mol. The first-order chi connectivity index (χ1) is 11.2.